The largest absolute Gasteiger partial charge is 0.374 e. The molecule has 3 rings (SSSR count). The lowest BCUT2D eigenvalue weighted by Crippen LogP contribution is -2.57. The fraction of sp³-hybridized carbons (Fsp3) is 0.941. The van der Waals surface area contributed by atoms with E-state index in [1.165, 1.54) is 25.7 Å². The monoisotopic (exact) mass is 325 g/mol. The first-order valence-corrected chi connectivity index (χ1v) is 9.14. The smallest absolute Gasteiger partial charge is 0.317 e. The van der Waals surface area contributed by atoms with Crippen LogP contribution in [0.25, 0.3) is 0 Å². The molecule has 2 amide bonds. The normalized spacial score (nSPS) is 29.3. The standard InChI is InChI=1S/C17H31N3O3/c1-19-8-10-22-15(13-19)12-18-16(21)20-9-11-23-17(14-20)6-4-2-3-5-7-17/h15H,2-14H2,1H3,(H,18,21). The predicted molar refractivity (Wildman–Crippen MR) is 88.6 cm³/mol. The first-order valence-electron chi connectivity index (χ1n) is 9.14. The average Bonchev–Trinajstić information content (AvgIpc) is 2.78. The van der Waals surface area contributed by atoms with Gasteiger partial charge in [0, 0.05) is 26.2 Å². The summed E-state index contributed by atoms with van der Waals surface area (Å²) in [5.74, 6) is 0. The molecule has 2 saturated heterocycles. The summed E-state index contributed by atoms with van der Waals surface area (Å²) in [5.41, 5.74) is -0.0896. The van der Waals surface area contributed by atoms with E-state index >= 15 is 0 Å². The number of carbonyl (C=O) groups excluding carboxylic acids is 1. The quantitative estimate of drug-likeness (QED) is 0.835. The maximum absolute atomic E-state index is 12.5. The Kier molecular flexibility index (Phi) is 5.77. The number of nitrogens with zero attached hydrogens (tertiary/aromatic N) is 2. The minimum atomic E-state index is -0.0896. The molecule has 0 aromatic carbocycles. The highest BCUT2D eigenvalue weighted by atomic mass is 16.5. The van der Waals surface area contributed by atoms with Gasteiger partial charge < -0.3 is 24.6 Å². The van der Waals surface area contributed by atoms with Gasteiger partial charge in [-0.2, -0.15) is 0 Å². The Morgan fingerprint density at radius 1 is 1.17 bits per heavy atom. The number of ether oxygens (including phenoxy) is 2. The lowest BCUT2D eigenvalue weighted by molar-refractivity contribution is -0.106. The van der Waals surface area contributed by atoms with Crippen LogP contribution in [0.4, 0.5) is 4.79 Å². The predicted octanol–water partition coefficient (Wildman–Crippen LogP) is 1.45. The highest BCUT2D eigenvalue weighted by molar-refractivity contribution is 5.74. The number of carbonyl (C=O) groups is 1. The van der Waals surface area contributed by atoms with Gasteiger partial charge in [-0.3, -0.25) is 0 Å². The molecule has 23 heavy (non-hydrogen) atoms. The molecule has 1 N–H and O–H groups in total. The van der Waals surface area contributed by atoms with Crippen LogP contribution < -0.4 is 5.32 Å². The van der Waals surface area contributed by atoms with Gasteiger partial charge in [0.15, 0.2) is 0 Å². The zero-order valence-corrected chi connectivity index (χ0v) is 14.4. The van der Waals surface area contributed by atoms with Gasteiger partial charge in [0.25, 0.3) is 0 Å². The minimum Gasteiger partial charge on any atom is -0.374 e. The van der Waals surface area contributed by atoms with Crippen LogP contribution >= 0.6 is 0 Å². The van der Waals surface area contributed by atoms with E-state index in [0.29, 0.717) is 19.7 Å². The van der Waals surface area contributed by atoms with Crippen molar-refractivity contribution in [2.75, 3.05) is 53.0 Å². The van der Waals surface area contributed by atoms with E-state index in [-0.39, 0.29) is 17.7 Å². The van der Waals surface area contributed by atoms with Crippen molar-refractivity contribution in [2.45, 2.75) is 50.2 Å². The summed E-state index contributed by atoms with van der Waals surface area (Å²) < 4.78 is 11.8. The van der Waals surface area contributed by atoms with Crippen LogP contribution in [0.1, 0.15) is 38.5 Å². The Morgan fingerprint density at radius 3 is 2.70 bits per heavy atom. The lowest BCUT2D eigenvalue weighted by Gasteiger charge is -2.42. The zero-order valence-electron chi connectivity index (χ0n) is 14.4. The van der Waals surface area contributed by atoms with Crippen LogP contribution in [0, 0.1) is 0 Å². The van der Waals surface area contributed by atoms with Crippen LogP contribution in [0.5, 0.6) is 0 Å². The molecular formula is C17H31N3O3. The molecule has 2 aliphatic heterocycles. The number of amides is 2. The van der Waals surface area contributed by atoms with Gasteiger partial charge in [0.1, 0.15) is 0 Å². The summed E-state index contributed by atoms with van der Waals surface area (Å²) in [6.45, 7) is 5.29. The number of likely N-dealkylation sites (N-methyl/N-ethyl adjacent to an activating group) is 1. The summed E-state index contributed by atoms with van der Waals surface area (Å²) >= 11 is 0. The van der Waals surface area contributed by atoms with E-state index in [1.54, 1.807) is 0 Å². The van der Waals surface area contributed by atoms with Crippen molar-refractivity contribution in [3.8, 4) is 0 Å². The molecule has 0 aromatic rings. The first-order chi connectivity index (χ1) is 11.2. The molecule has 6 heteroatoms. The van der Waals surface area contributed by atoms with Crippen LogP contribution in [0.3, 0.4) is 0 Å². The van der Waals surface area contributed by atoms with E-state index in [9.17, 15) is 4.79 Å². The van der Waals surface area contributed by atoms with Crippen molar-refractivity contribution in [1.82, 2.24) is 15.1 Å². The van der Waals surface area contributed by atoms with Crippen LogP contribution in [-0.2, 0) is 9.47 Å². The Hall–Kier alpha value is -0.850. The van der Waals surface area contributed by atoms with Gasteiger partial charge in [-0.15, -0.1) is 0 Å². The van der Waals surface area contributed by atoms with E-state index in [2.05, 4.69) is 17.3 Å². The van der Waals surface area contributed by atoms with Gasteiger partial charge in [0.05, 0.1) is 31.5 Å². The molecule has 3 aliphatic rings. The average molecular weight is 325 g/mol. The van der Waals surface area contributed by atoms with Crippen molar-refractivity contribution >= 4 is 6.03 Å². The van der Waals surface area contributed by atoms with Gasteiger partial charge in [0.2, 0.25) is 0 Å². The highest BCUT2D eigenvalue weighted by Gasteiger charge is 2.38. The summed E-state index contributed by atoms with van der Waals surface area (Å²) in [6, 6.07) is 0.0359. The Bertz CT molecular complexity index is 397. The molecule has 0 aromatic heterocycles. The van der Waals surface area contributed by atoms with Gasteiger partial charge in [-0.25, -0.2) is 4.79 Å². The topological polar surface area (TPSA) is 54.0 Å². The molecule has 2 heterocycles. The fourth-order valence-electron chi connectivity index (χ4n) is 4.00. The lowest BCUT2D eigenvalue weighted by atomic mass is 9.92. The first kappa shape index (κ1) is 17.0. The minimum absolute atomic E-state index is 0.0359. The van der Waals surface area contributed by atoms with Crippen LogP contribution in [-0.4, -0.2) is 80.5 Å². The van der Waals surface area contributed by atoms with Crippen molar-refractivity contribution in [3.05, 3.63) is 0 Å². The zero-order chi connectivity index (χ0) is 16.1. The van der Waals surface area contributed by atoms with Gasteiger partial charge >= 0.3 is 6.03 Å². The molecule has 0 radical (unpaired) electrons. The second kappa shape index (κ2) is 7.81. The molecule has 1 unspecified atom stereocenters. The van der Waals surface area contributed by atoms with Crippen molar-refractivity contribution in [2.24, 2.45) is 0 Å². The molecule has 1 atom stereocenters. The number of rotatable bonds is 2. The van der Waals surface area contributed by atoms with E-state index < -0.39 is 0 Å². The molecule has 1 spiro atoms. The van der Waals surface area contributed by atoms with Crippen LogP contribution in [0.2, 0.25) is 0 Å². The SMILES string of the molecule is CN1CCOC(CNC(=O)N2CCOC3(CCCCCC3)C2)C1. The maximum Gasteiger partial charge on any atom is 0.317 e. The van der Waals surface area contributed by atoms with E-state index in [0.717, 1.165) is 39.1 Å². The fourth-order valence-corrected chi connectivity index (χ4v) is 4.00. The molecule has 1 aliphatic carbocycles. The molecule has 6 nitrogen and oxygen atoms in total. The molecule has 132 valence electrons. The third-order valence-corrected chi connectivity index (χ3v) is 5.37. The summed E-state index contributed by atoms with van der Waals surface area (Å²) in [4.78, 5) is 16.7. The molecule has 0 bridgehead atoms. The van der Waals surface area contributed by atoms with Crippen molar-refractivity contribution in [3.63, 3.8) is 0 Å². The third kappa shape index (κ3) is 4.58. The molecule has 1 saturated carbocycles. The summed E-state index contributed by atoms with van der Waals surface area (Å²) in [5, 5.41) is 3.06. The third-order valence-electron chi connectivity index (χ3n) is 5.37. The Morgan fingerprint density at radius 2 is 1.96 bits per heavy atom. The number of hydrogen-bond donors (Lipinski definition) is 1. The van der Waals surface area contributed by atoms with Crippen molar-refractivity contribution in [1.29, 1.82) is 0 Å². The summed E-state index contributed by atoms with van der Waals surface area (Å²) in [7, 11) is 2.09. The van der Waals surface area contributed by atoms with E-state index in [4.69, 9.17) is 9.47 Å². The Labute approximate surface area is 139 Å². The van der Waals surface area contributed by atoms with Gasteiger partial charge in [-0.1, -0.05) is 25.7 Å². The second-order valence-corrected chi connectivity index (χ2v) is 7.31. The van der Waals surface area contributed by atoms with Gasteiger partial charge in [-0.05, 0) is 19.9 Å². The second-order valence-electron chi connectivity index (χ2n) is 7.31. The molecular weight excluding hydrogens is 294 g/mol. The summed E-state index contributed by atoms with van der Waals surface area (Å²) in [6.07, 6.45) is 7.31. The number of nitrogens with one attached hydrogen (secondary N) is 1. The van der Waals surface area contributed by atoms with E-state index in [1.807, 2.05) is 4.90 Å². The number of morpholine rings is 2. The van der Waals surface area contributed by atoms with Crippen molar-refractivity contribution < 1.29 is 14.3 Å². The highest BCUT2D eigenvalue weighted by Crippen LogP contribution is 2.33. The molecule has 3 fully saturated rings. The number of urea groups is 1. The number of hydrogen-bond acceptors (Lipinski definition) is 4. The maximum atomic E-state index is 12.5. The van der Waals surface area contributed by atoms with Crippen LogP contribution in [0.15, 0.2) is 0 Å². The Balaban J connectivity index is 1.48.